The lowest BCUT2D eigenvalue weighted by Gasteiger charge is -2.42. The van der Waals surface area contributed by atoms with Crippen molar-refractivity contribution in [3.63, 3.8) is 0 Å². The second-order valence-electron chi connectivity index (χ2n) is 11.6. The molecule has 196 valence electrons. The Kier molecular flexibility index (Phi) is 7.74. The Balaban J connectivity index is 1.25. The zero-order valence-electron chi connectivity index (χ0n) is 21.8. The van der Waals surface area contributed by atoms with E-state index >= 15 is 0 Å². The Morgan fingerprint density at radius 1 is 0.886 bits per heavy atom. The fourth-order valence-electron chi connectivity index (χ4n) is 6.16. The van der Waals surface area contributed by atoms with E-state index in [0.29, 0.717) is 51.5 Å². The highest BCUT2D eigenvalue weighted by Crippen LogP contribution is 2.45. The molecular weight excluding hydrogens is 446 g/mol. The van der Waals surface area contributed by atoms with Gasteiger partial charge in [-0.3, -0.25) is 24.2 Å². The SMILES string of the molecule is CCC(C)(C)C1CCC2(CC1)NC(=O)N(CC(=O)N1CCN(CC(=O)N3CCCCC3)CC1)C2=O. The maximum Gasteiger partial charge on any atom is 0.325 e. The number of nitrogens with one attached hydrogen (secondary N) is 1. The van der Waals surface area contributed by atoms with Crippen LogP contribution in [-0.4, -0.2) is 101 Å². The maximum atomic E-state index is 13.3. The number of hydrogen-bond acceptors (Lipinski definition) is 5. The lowest BCUT2D eigenvalue weighted by atomic mass is 9.65. The van der Waals surface area contributed by atoms with Gasteiger partial charge in [0.05, 0.1) is 6.54 Å². The fourth-order valence-corrected chi connectivity index (χ4v) is 6.16. The van der Waals surface area contributed by atoms with E-state index in [-0.39, 0.29) is 29.7 Å². The van der Waals surface area contributed by atoms with Gasteiger partial charge in [-0.15, -0.1) is 0 Å². The van der Waals surface area contributed by atoms with E-state index in [2.05, 4.69) is 31.0 Å². The summed E-state index contributed by atoms with van der Waals surface area (Å²) in [4.78, 5) is 58.4. The molecule has 0 aromatic heterocycles. The normalized spacial score (nSPS) is 28.5. The molecule has 0 atom stereocenters. The molecule has 4 fully saturated rings. The second kappa shape index (κ2) is 10.4. The molecule has 1 saturated carbocycles. The zero-order valence-corrected chi connectivity index (χ0v) is 21.8. The summed E-state index contributed by atoms with van der Waals surface area (Å²) in [6.07, 6.45) is 7.54. The first kappa shape index (κ1) is 25.9. The van der Waals surface area contributed by atoms with E-state index < -0.39 is 11.6 Å². The Morgan fingerprint density at radius 3 is 2.06 bits per heavy atom. The molecule has 1 spiro atoms. The van der Waals surface area contributed by atoms with Gasteiger partial charge in [-0.1, -0.05) is 27.2 Å². The van der Waals surface area contributed by atoms with Crippen LogP contribution in [0.2, 0.25) is 0 Å². The molecule has 5 amide bonds. The van der Waals surface area contributed by atoms with E-state index in [1.165, 1.54) is 6.42 Å². The highest BCUT2D eigenvalue weighted by Gasteiger charge is 2.54. The third kappa shape index (κ3) is 5.49. The van der Waals surface area contributed by atoms with Crippen molar-refractivity contribution < 1.29 is 19.2 Å². The number of likely N-dealkylation sites (tertiary alicyclic amines) is 1. The van der Waals surface area contributed by atoms with Crippen LogP contribution < -0.4 is 5.32 Å². The molecule has 0 aromatic carbocycles. The fraction of sp³-hybridized carbons (Fsp3) is 0.846. The average molecular weight is 490 g/mol. The van der Waals surface area contributed by atoms with Crippen LogP contribution in [0.15, 0.2) is 0 Å². The second-order valence-corrected chi connectivity index (χ2v) is 11.6. The summed E-state index contributed by atoms with van der Waals surface area (Å²) in [6.45, 7) is 10.9. The Hall–Kier alpha value is -2.16. The van der Waals surface area contributed by atoms with Crippen LogP contribution in [0.1, 0.15) is 72.1 Å². The van der Waals surface area contributed by atoms with Crippen molar-refractivity contribution in [3.05, 3.63) is 0 Å². The van der Waals surface area contributed by atoms with Crippen molar-refractivity contribution in [2.45, 2.75) is 77.7 Å². The number of carbonyl (C=O) groups is 4. The van der Waals surface area contributed by atoms with E-state index in [9.17, 15) is 19.2 Å². The molecule has 0 bridgehead atoms. The van der Waals surface area contributed by atoms with Crippen molar-refractivity contribution in [2.75, 3.05) is 52.4 Å². The highest BCUT2D eigenvalue weighted by atomic mass is 16.2. The molecule has 0 aromatic rings. The van der Waals surface area contributed by atoms with Gasteiger partial charge in [0.25, 0.3) is 5.91 Å². The summed E-state index contributed by atoms with van der Waals surface area (Å²) in [7, 11) is 0. The third-order valence-corrected chi connectivity index (χ3v) is 9.19. The Morgan fingerprint density at radius 2 is 1.46 bits per heavy atom. The third-order valence-electron chi connectivity index (χ3n) is 9.19. The zero-order chi connectivity index (χ0) is 25.2. The molecule has 4 aliphatic rings. The lowest BCUT2D eigenvalue weighted by molar-refractivity contribution is -0.141. The van der Waals surface area contributed by atoms with Gasteiger partial charge in [-0.25, -0.2) is 4.79 Å². The summed E-state index contributed by atoms with van der Waals surface area (Å²) in [6, 6.07) is -0.442. The van der Waals surface area contributed by atoms with Gasteiger partial charge in [0.15, 0.2) is 0 Å². The largest absolute Gasteiger partial charge is 0.342 e. The molecular formula is C26H43N5O4. The maximum absolute atomic E-state index is 13.3. The predicted molar refractivity (Wildman–Crippen MR) is 132 cm³/mol. The number of piperazine rings is 1. The number of carbonyl (C=O) groups excluding carboxylic acids is 4. The van der Waals surface area contributed by atoms with Gasteiger partial charge >= 0.3 is 6.03 Å². The van der Waals surface area contributed by atoms with Gasteiger partial charge in [-0.2, -0.15) is 0 Å². The minimum Gasteiger partial charge on any atom is -0.342 e. The molecule has 35 heavy (non-hydrogen) atoms. The van der Waals surface area contributed by atoms with Crippen LogP contribution in [-0.2, 0) is 14.4 Å². The molecule has 0 radical (unpaired) electrons. The van der Waals surface area contributed by atoms with Crippen LogP contribution in [0, 0.1) is 11.3 Å². The van der Waals surface area contributed by atoms with E-state index in [4.69, 9.17) is 0 Å². The van der Waals surface area contributed by atoms with Gasteiger partial charge in [-0.05, 0) is 56.3 Å². The number of imide groups is 1. The first-order valence-electron chi connectivity index (χ1n) is 13.6. The standard InChI is InChI=1S/C26H43N5O4/c1-4-25(2,3)20-8-10-26(11-9-20)23(34)31(24(35)27-26)19-22(33)30-16-14-28(15-17-30)18-21(32)29-12-6-5-7-13-29/h20H,4-19H2,1-3H3,(H,27,35). The highest BCUT2D eigenvalue weighted by molar-refractivity contribution is 6.09. The summed E-state index contributed by atoms with van der Waals surface area (Å²) in [5.41, 5.74) is -0.616. The number of hydrogen-bond donors (Lipinski definition) is 1. The summed E-state index contributed by atoms with van der Waals surface area (Å²) in [5, 5.41) is 2.94. The molecule has 1 N–H and O–H groups in total. The van der Waals surface area contributed by atoms with Crippen molar-refractivity contribution in [1.29, 1.82) is 0 Å². The number of amides is 5. The van der Waals surface area contributed by atoms with Crippen LogP contribution in [0.3, 0.4) is 0 Å². The Bertz CT molecular complexity index is 822. The molecule has 9 nitrogen and oxygen atoms in total. The smallest absolute Gasteiger partial charge is 0.325 e. The first-order chi connectivity index (χ1) is 16.6. The minimum atomic E-state index is -0.842. The summed E-state index contributed by atoms with van der Waals surface area (Å²) in [5.74, 6) is 0.269. The number of nitrogens with zero attached hydrogens (tertiary/aromatic N) is 4. The average Bonchev–Trinajstić information content (AvgIpc) is 3.09. The molecule has 3 heterocycles. The lowest BCUT2D eigenvalue weighted by Crippen LogP contribution is -2.54. The molecule has 0 unspecified atom stereocenters. The van der Waals surface area contributed by atoms with Crippen LogP contribution in [0.25, 0.3) is 0 Å². The van der Waals surface area contributed by atoms with Crippen LogP contribution >= 0.6 is 0 Å². The molecule has 4 rings (SSSR count). The quantitative estimate of drug-likeness (QED) is 0.577. The molecule has 9 heteroatoms. The summed E-state index contributed by atoms with van der Waals surface area (Å²) < 4.78 is 0. The topological polar surface area (TPSA) is 93.3 Å². The van der Waals surface area contributed by atoms with Crippen molar-refractivity contribution in [2.24, 2.45) is 11.3 Å². The van der Waals surface area contributed by atoms with Crippen molar-refractivity contribution >= 4 is 23.8 Å². The van der Waals surface area contributed by atoms with Crippen LogP contribution in [0.5, 0.6) is 0 Å². The van der Waals surface area contributed by atoms with Crippen molar-refractivity contribution in [3.8, 4) is 0 Å². The summed E-state index contributed by atoms with van der Waals surface area (Å²) >= 11 is 0. The van der Waals surface area contributed by atoms with Gasteiger partial charge in [0.1, 0.15) is 12.1 Å². The number of rotatable bonds is 6. The predicted octanol–water partition coefficient (Wildman–Crippen LogP) is 2.06. The monoisotopic (exact) mass is 489 g/mol. The van der Waals surface area contributed by atoms with Gasteiger partial charge < -0.3 is 15.1 Å². The molecule has 3 saturated heterocycles. The minimum absolute atomic E-state index is 0.172. The van der Waals surface area contributed by atoms with E-state index in [0.717, 1.165) is 50.1 Å². The number of urea groups is 1. The first-order valence-corrected chi connectivity index (χ1v) is 13.6. The molecule has 1 aliphatic carbocycles. The molecule has 3 aliphatic heterocycles. The van der Waals surface area contributed by atoms with Crippen molar-refractivity contribution in [1.82, 2.24) is 24.9 Å². The number of piperidine rings is 1. The Labute approximate surface area is 209 Å². The van der Waals surface area contributed by atoms with Gasteiger partial charge in [0, 0.05) is 39.3 Å². The van der Waals surface area contributed by atoms with E-state index in [1.807, 2.05) is 4.90 Å². The van der Waals surface area contributed by atoms with Crippen LogP contribution in [0.4, 0.5) is 4.79 Å². The van der Waals surface area contributed by atoms with Gasteiger partial charge in [0.2, 0.25) is 11.8 Å². The van der Waals surface area contributed by atoms with E-state index in [1.54, 1.807) is 4.90 Å².